The maximum absolute atomic E-state index is 13.0. The summed E-state index contributed by atoms with van der Waals surface area (Å²) in [6.45, 7) is 3.78. The minimum absolute atomic E-state index is 0.0134. The molecule has 1 aliphatic heterocycles. The predicted molar refractivity (Wildman–Crippen MR) is 95.9 cm³/mol. The molecule has 0 bridgehead atoms. The molecule has 1 aliphatic carbocycles. The number of carboxylic acids is 1. The van der Waals surface area contributed by atoms with E-state index >= 15 is 0 Å². The van der Waals surface area contributed by atoms with Gasteiger partial charge in [-0.05, 0) is 49.4 Å². The van der Waals surface area contributed by atoms with Crippen molar-refractivity contribution in [2.24, 2.45) is 5.92 Å². The maximum atomic E-state index is 13.0. The van der Waals surface area contributed by atoms with Crippen molar-refractivity contribution in [3.63, 3.8) is 0 Å². The second-order valence-corrected chi connectivity index (χ2v) is 9.29. The third kappa shape index (κ3) is 3.50. The third-order valence-corrected chi connectivity index (χ3v) is 6.96. The molecule has 2 aliphatic rings. The smallest absolute Gasteiger partial charge is 0.326 e. The first-order chi connectivity index (χ1) is 11.9. The number of carbonyl (C=O) groups excluding carboxylic acids is 1. The number of hydrogen-bond donors (Lipinski definition) is 1. The van der Waals surface area contributed by atoms with Crippen molar-refractivity contribution < 1.29 is 18.9 Å². The first kappa shape index (κ1) is 18.1. The van der Waals surface area contributed by atoms with Crippen LogP contribution in [0.15, 0.2) is 29.2 Å². The normalized spacial score (nSPS) is 27.2. The summed E-state index contributed by atoms with van der Waals surface area (Å²) in [5, 5.41) is 9.58. The number of benzene rings is 1. The van der Waals surface area contributed by atoms with Gasteiger partial charge in [0.15, 0.2) is 0 Å². The Balaban J connectivity index is 1.85. The summed E-state index contributed by atoms with van der Waals surface area (Å²) < 4.78 is 12.1. The molecule has 1 N–H and O–H groups in total. The van der Waals surface area contributed by atoms with Crippen molar-refractivity contribution >= 4 is 22.7 Å². The first-order valence-electron chi connectivity index (χ1n) is 8.96. The number of carboxylic acid groups (broad SMARTS) is 1. The number of fused-ring (bicyclic) bond motifs is 1. The standard InChI is InChI=1S/C19H25NO4S/c1-12(2)25(24)15-9-7-13(8-10-15)18(21)20-16-6-4-3-5-14(16)11-17(20)19(22)23/h7-10,12,14,16-17H,3-6,11H2,1-2H3,(H,22,23)/t14-,16-,17-,25-/m0/s1. The Labute approximate surface area is 150 Å². The number of rotatable bonds is 4. The summed E-state index contributed by atoms with van der Waals surface area (Å²) in [5.74, 6) is -0.838. The SMILES string of the molecule is CC(C)[S@](=O)c1ccc(C(=O)N2[C@H](C(=O)O)C[C@@H]3CCCC[C@@H]32)cc1. The highest BCUT2D eigenvalue weighted by Gasteiger charge is 2.47. The fourth-order valence-corrected chi connectivity index (χ4v) is 5.07. The average molecular weight is 363 g/mol. The molecule has 2 fully saturated rings. The van der Waals surface area contributed by atoms with E-state index in [1.165, 1.54) is 0 Å². The Kier molecular flexibility index (Phi) is 5.27. The van der Waals surface area contributed by atoms with E-state index in [0.29, 0.717) is 22.8 Å². The van der Waals surface area contributed by atoms with Crippen LogP contribution in [-0.4, -0.2) is 43.4 Å². The van der Waals surface area contributed by atoms with Crippen LogP contribution < -0.4 is 0 Å². The number of nitrogens with zero attached hydrogens (tertiary/aromatic N) is 1. The lowest BCUT2D eigenvalue weighted by molar-refractivity contribution is -0.141. The maximum Gasteiger partial charge on any atom is 0.326 e. The highest BCUT2D eigenvalue weighted by molar-refractivity contribution is 7.85. The molecular formula is C19H25NO4S. The lowest BCUT2D eigenvalue weighted by Gasteiger charge is -2.33. The molecule has 1 aromatic carbocycles. The largest absolute Gasteiger partial charge is 0.480 e. The number of hydrogen-bond acceptors (Lipinski definition) is 3. The lowest BCUT2D eigenvalue weighted by Crippen LogP contribution is -2.46. The van der Waals surface area contributed by atoms with E-state index in [1.54, 1.807) is 29.2 Å². The number of aliphatic carboxylic acids is 1. The van der Waals surface area contributed by atoms with E-state index in [4.69, 9.17) is 0 Å². The molecule has 6 heteroatoms. The topological polar surface area (TPSA) is 74.7 Å². The van der Waals surface area contributed by atoms with Crippen molar-refractivity contribution in [3.8, 4) is 0 Å². The zero-order valence-electron chi connectivity index (χ0n) is 14.7. The van der Waals surface area contributed by atoms with Gasteiger partial charge in [-0.2, -0.15) is 0 Å². The second-order valence-electron chi connectivity index (χ2n) is 7.28. The van der Waals surface area contributed by atoms with Gasteiger partial charge in [0.25, 0.3) is 5.91 Å². The van der Waals surface area contributed by atoms with Gasteiger partial charge in [0.1, 0.15) is 6.04 Å². The van der Waals surface area contributed by atoms with E-state index in [9.17, 15) is 18.9 Å². The van der Waals surface area contributed by atoms with Crippen molar-refractivity contribution in [1.82, 2.24) is 4.90 Å². The molecule has 5 nitrogen and oxygen atoms in total. The molecule has 3 rings (SSSR count). The van der Waals surface area contributed by atoms with Gasteiger partial charge in [0, 0.05) is 21.8 Å². The Morgan fingerprint density at radius 1 is 1.16 bits per heavy atom. The van der Waals surface area contributed by atoms with Crippen LogP contribution in [-0.2, 0) is 15.6 Å². The van der Waals surface area contributed by atoms with Crippen molar-refractivity contribution in [3.05, 3.63) is 29.8 Å². The Bertz CT molecular complexity index is 685. The molecule has 1 amide bonds. The predicted octanol–water partition coefficient (Wildman–Crippen LogP) is 3.06. The summed E-state index contributed by atoms with van der Waals surface area (Å²) in [4.78, 5) is 27.0. The summed E-state index contributed by atoms with van der Waals surface area (Å²) in [7, 11) is -1.10. The molecule has 0 unspecified atom stereocenters. The first-order valence-corrected chi connectivity index (χ1v) is 10.2. The Morgan fingerprint density at radius 2 is 1.80 bits per heavy atom. The van der Waals surface area contributed by atoms with Crippen LogP contribution in [0.5, 0.6) is 0 Å². The minimum Gasteiger partial charge on any atom is -0.480 e. The van der Waals surface area contributed by atoms with Gasteiger partial charge >= 0.3 is 5.97 Å². The lowest BCUT2D eigenvalue weighted by atomic mass is 9.84. The van der Waals surface area contributed by atoms with Crippen LogP contribution in [0.3, 0.4) is 0 Å². The van der Waals surface area contributed by atoms with E-state index in [2.05, 4.69) is 0 Å². The molecule has 0 spiro atoms. The van der Waals surface area contributed by atoms with Gasteiger partial charge in [0.05, 0.1) is 10.8 Å². The van der Waals surface area contributed by atoms with Crippen LogP contribution in [0.1, 0.15) is 56.3 Å². The highest BCUT2D eigenvalue weighted by atomic mass is 32.2. The molecular weight excluding hydrogens is 338 g/mol. The van der Waals surface area contributed by atoms with Crippen molar-refractivity contribution in [2.45, 2.75) is 68.2 Å². The average Bonchev–Trinajstić information content (AvgIpc) is 3.00. The van der Waals surface area contributed by atoms with Gasteiger partial charge in [-0.25, -0.2) is 4.79 Å². The van der Waals surface area contributed by atoms with E-state index in [0.717, 1.165) is 25.7 Å². The van der Waals surface area contributed by atoms with Crippen LogP contribution in [0.4, 0.5) is 0 Å². The second kappa shape index (κ2) is 7.28. The highest BCUT2D eigenvalue weighted by Crippen LogP contribution is 2.40. The van der Waals surface area contributed by atoms with E-state index in [-0.39, 0.29) is 17.2 Å². The fourth-order valence-electron chi connectivity index (χ4n) is 4.13. The van der Waals surface area contributed by atoms with Gasteiger partial charge < -0.3 is 10.0 Å². The molecule has 136 valence electrons. The summed E-state index contributed by atoms with van der Waals surface area (Å²) in [6, 6.07) is 6.08. The number of amides is 1. The van der Waals surface area contributed by atoms with E-state index < -0.39 is 22.8 Å². The van der Waals surface area contributed by atoms with Crippen LogP contribution >= 0.6 is 0 Å². The zero-order valence-corrected chi connectivity index (χ0v) is 15.5. The van der Waals surface area contributed by atoms with Crippen molar-refractivity contribution in [1.29, 1.82) is 0 Å². The molecule has 1 aromatic rings. The molecule has 0 radical (unpaired) electrons. The Hall–Kier alpha value is -1.69. The molecule has 1 saturated carbocycles. The van der Waals surface area contributed by atoms with Gasteiger partial charge in [-0.15, -0.1) is 0 Å². The van der Waals surface area contributed by atoms with Crippen LogP contribution in [0.25, 0.3) is 0 Å². The van der Waals surface area contributed by atoms with Gasteiger partial charge in [0.2, 0.25) is 0 Å². The Morgan fingerprint density at radius 3 is 2.40 bits per heavy atom. The minimum atomic E-state index is -1.10. The molecule has 25 heavy (non-hydrogen) atoms. The molecule has 1 heterocycles. The number of likely N-dealkylation sites (tertiary alicyclic amines) is 1. The van der Waals surface area contributed by atoms with Gasteiger partial charge in [-0.1, -0.05) is 26.7 Å². The number of carbonyl (C=O) groups is 2. The summed E-state index contributed by atoms with van der Waals surface area (Å²) in [5.41, 5.74) is 0.474. The van der Waals surface area contributed by atoms with Crippen molar-refractivity contribution in [2.75, 3.05) is 0 Å². The monoisotopic (exact) mass is 363 g/mol. The molecule has 4 atom stereocenters. The van der Waals surface area contributed by atoms with E-state index in [1.807, 2.05) is 13.8 Å². The quantitative estimate of drug-likeness (QED) is 0.892. The fraction of sp³-hybridized carbons (Fsp3) is 0.579. The van der Waals surface area contributed by atoms with Crippen LogP contribution in [0.2, 0.25) is 0 Å². The molecule has 0 aromatic heterocycles. The third-order valence-electron chi connectivity index (χ3n) is 5.37. The zero-order chi connectivity index (χ0) is 18.1. The summed E-state index contributed by atoms with van der Waals surface area (Å²) >= 11 is 0. The molecule has 1 saturated heterocycles. The summed E-state index contributed by atoms with van der Waals surface area (Å²) in [6.07, 6.45) is 4.61. The van der Waals surface area contributed by atoms with Crippen LogP contribution in [0, 0.1) is 5.92 Å². The van der Waals surface area contributed by atoms with Gasteiger partial charge in [-0.3, -0.25) is 9.00 Å².